The summed E-state index contributed by atoms with van der Waals surface area (Å²) in [7, 11) is -2.74. The van der Waals surface area contributed by atoms with Crippen LogP contribution in [0.4, 0.5) is 5.69 Å². The Morgan fingerprint density at radius 3 is 2.71 bits per heavy atom. The van der Waals surface area contributed by atoms with Crippen molar-refractivity contribution in [2.75, 3.05) is 12.8 Å². The Morgan fingerprint density at radius 2 is 2.08 bits per heavy atom. The van der Waals surface area contributed by atoms with Gasteiger partial charge in [-0.05, 0) is 35.9 Å². The van der Waals surface area contributed by atoms with Gasteiger partial charge in [0.05, 0.1) is 5.56 Å². The van der Waals surface area contributed by atoms with Crippen molar-refractivity contribution in [1.82, 2.24) is 4.98 Å². The first kappa shape index (κ1) is 16.2. The van der Waals surface area contributed by atoms with Crippen LogP contribution in [0.5, 0.6) is 0 Å². The molecule has 1 heterocycles. The van der Waals surface area contributed by atoms with Crippen molar-refractivity contribution in [3.8, 4) is 0 Å². The number of fused-ring (bicyclic) bond motifs is 1. The molecule has 4 N–H and O–H groups in total. The number of aromatic nitrogens is 1. The van der Waals surface area contributed by atoms with E-state index < -0.39 is 15.4 Å². The lowest BCUT2D eigenvalue weighted by Gasteiger charge is -2.18. The minimum Gasteiger partial charge on any atom is -0.399 e. The molecule has 0 bridgehead atoms. The van der Waals surface area contributed by atoms with Gasteiger partial charge in [-0.3, -0.25) is 4.55 Å². The molecule has 1 aromatic carbocycles. The molecule has 8 heteroatoms. The van der Waals surface area contributed by atoms with Crippen LogP contribution >= 0.6 is 0 Å². The van der Waals surface area contributed by atoms with E-state index in [1.807, 2.05) is 0 Å². The van der Waals surface area contributed by atoms with E-state index in [-0.39, 0.29) is 5.91 Å². The van der Waals surface area contributed by atoms with Crippen LogP contribution in [0.15, 0.2) is 48.7 Å². The van der Waals surface area contributed by atoms with E-state index in [1.54, 1.807) is 37.5 Å². The van der Waals surface area contributed by atoms with Gasteiger partial charge in [-0.25, -0.2) is 4.79 Å². The van der Waals surface area contributed by atoms with Gasteiger partial charge in [-0.15, -0.1) is 0 Å². The second-order valence-corrected chi connectivity index (χ2v) is 7.01. The number of aromatic amines is 1. The molecule has 7 nitrogen and oxygen atoms in total. The fourth-order valence-corrected chi connectivity index (χ4v) is 3.52. The standard InChI is InChI=1S/C16H15N3O4S/c1-19(16(20)13-3-2-8-18-13)14-6-7-15(24(21,22)23)12-9-10(17)4-5-11(12)14/h2-9,15,17H,1H3,(H2,18,20,21,22,23)/p+1. The number of anilines is 1. The average Bonchev–Trinajstić information content (AvgIpc) is 3.05. The van der Waals surface area contributed by atoms with E-state index >= 15 is 0 Å². The molecule has 0 fully saturated rings. The molecule has 0 saturated carbocycles. The third-order valence-corrected chi connectivity index (χ3v) is 4.96. The molecule has 124 valence electrons. The lowest BCUT2D eigenvalue weighted by molar-refractivity contribution is -0.393. The lowest BCUT2D eigenvalue weighted by atomic mass is 9.94. The predicted octanol–water partition coefficient (Wildman–Crippen LogP) is 1.37. The predicted molar refractivity (Wildman–Crippen MR) is 89.7 cm³/mol. The Balaban J connectivity index is 2.19. The second-order valence-electron chi connectivity index (χ2n) is 5.47. The van der Waals surface area contributed by atoms with Crippen molar-refractivity contribution in [1.29, 1.82) is 0 Å². The van der Waals surface area contributed by atoms with Crippen LogP contribution in [0.25, 0.3) is 0 Å². The zero-order valence-corrected chi connectivity index (χ0v) is 13.6. The van der Waals surface area contributed by atoms with Crippen molar-refractivity contribution < 1.29 is 22.3 Å². The fraction of sp³-hybridized carbons (Fsp3) is 0.125. The number of benzene rings is 1. The number of carbonyl (C=O) groups is 1. The van der Waals surface area contributed by atoms with Gasteiger partial charge in [0.15, 0.2) is 5.69 Å². The van der Waals surface area contributed by atoms with E-state index in [4.69, 9.17) is 5.73 Å². The van der Waals surface area contributed by atoms with Crippen molar-refractivity contribution in [3.05, 3.63) is 65.5 Å². The summed E-state index contributed by atoms with van der Waals surface area (Å²) in [6.45, 7) is 0. The number of rotatable bonds is 2. The summed E-state index contributed by atoms with van der Waals surface area (Å²) in [5.41, 5.74) is 7.91. The summed E-state index contributed by atoms with van der Waals surface area (Å²) in [5, 5.41) is -1.21. The number of H-pyrrole nitrogens is 1. The summed E-state index contributed by atoms with van der Waals surface area (Å²) >= 11 is 0. The lowest BCUT2D eigenvalue weighted by Crippen LogP contribution is -2.28. The van der Waals surface area contributed by atoms with Crippen molar-refractivity contribution >= 4 is 27.4 Å². The highest BCUT2D eigenvalue weighted by Gasteiger charge is 2.33. The molecule has 1 aromatic heterocycles. The Morgan fingerprint density at radius 1 is 1.33 bits per heavy atom. The number of nitrogens with zero attached hydrogens (tertiary/aromatic N) is 1. The van der Waals surface area contributed by atoms with Crippen LogP contribution in [0.3, 0.4) is 0 Å². The second kappa shape index (κ2) is 5.73. The van der Waals surface area contributed by atoms with Gasteiger partial charge >= 0.3 is 5.91 Å². The highest BCUT2D eigenvalue weighted by Crippen LogP contribution is 2.32. The number of nitrogens with one attached hydrogen (secondary N) is 1. The van der Waals surface area contributed by atoms with Gasteiger partial charge in [0.2, 0.25) is 5.71 Å². The highest BCUT2D eigenvalue weighted by atomic mass is 32.2. The van der Waals surface area contributed by atoms with Crippen molar-refractivity contribution in [2.45, 2.75) is 5.25 Å². The summed E-state index contributed by atoms with van der Waals surface area (Å²) in [6, 6.07) is 8.11. The molecule has 0 radical (unpaired) electrons. The molecule has 1 aliphatic rings. The molecule has 1 amide bonds. The average molecular weight is 346 g/mol. The largest absolute Gasteiger partial charge is 0.435 e. The summed E-state index contributed by atoms with van der Waals surface area (Å²) in [5.74, 6) is -0.271. The van der Waals surface area contributed by atoms with E-state index in [9.17, 15) is 17.8 Å². The number of allylic oxidation sites excluding steroid dienone is 1. The molecule has 0 spiro atoms. The van der Waals surface area contributed by atoms with Crippen LogP contribution in [0, 0.1) is 0 Å². The molecule has 2 aromatic rings. The summed E-state index contributed by atoms with van der Waals surface area (Å²) < 4.78 is 34.1. The van der Waals surface area contributed by atoms with E-state index in [1.165, 1.54) is 22.8 Å². The van der Waals surface area contributed by atoms with Gasteiger partial charge in [0.25, 0.3) is 10.1 Å². The van der Waals surface area contributed by atoms with E-state index in [0.29, 0.717) is 28.2 Å². The molecule has 1 aliphatic carbocycles. The Labute approximate surface area is 138 Å². The third-order valence-electron chi connectivity index (χ3n) is 3.90. The zero-order valence-electron chi connectivity index (χ0n) is 12.8. The normalized spacial score (nSPS) is 19.0. The molecule has 24 heavy (non-hydrogen) atoms. The maximum atomic E-state index is 12.5. The minimum absolute atomic E-state index is 0.271. The Kier molecular flexibility index (Phi) is 3.86. The maximum Gasteiger partial charge on any atom is 0.435 e. The zero-order chi connectivity index (χ0) is 17.5. The summed E-state index contributed by atoms with van der Waals surface area (Å²) in [6.07, 6.45) is 4.49. The number of nitrogen functional groups attached to an aromatic ring is 1. The van der Waals surface area contributed by atoms with E-state index in [2.05, 4.69) is 4.98 Å². The van der Waals surface area contributed by atoms with Gasteiger partial charge in [-0.2, -0.15) is 13.0 Å². The molecular weight excluding hydrogens is 330 g/mol. The quantitative estimate of drug-likeness (QED) is 0.431. The third kappa shape index (κ3) is 2.77. The SMILES string of the molecule is C[N+](C(=O)c1ccc[nH]1)=C1C=CC(S(=O)(=O)O)c2cc(N)ccc21. The Hall–Kier alpha value is -2.71. The molecule has 0 aliphatic heterocycles. The van der Waals surface area contributed by atoms with Crippen LogP contribution in [-0.4, -0.2) is 41.2 Å². The highest BCUT2D eigenvalue weighted by molar-refractivity contribution is 7.86. The maximum absolute atomic E-state index is 12.5. The number of hydrogen-bond acceptors (Lipinski definition) is 4. The van der Waals surface area contributed by atoms with Crippen LogP contribution in [-0.2, 0) is 10.1 Å². The number of hydrogen-bond donors (Lipinski definition) is 3. The summed E-state index contributed by atoms with van der Waals surface area (Å²) in [4.78, 5) is 15.3. The molecular formula is C16H16N3O4S+. The monoisotopic (exact) mass is 346 g/mol. The number of carbonyl (C=O) groups excluding carboxylic acids is 1. The van der Waals surface area contributed by atoms with Gasteiger partial charge in [-0.1, -0.05) is 6.08 Å². The van der Waals surface area contributed by atoms with Gasteiger partial charge in [0, 0.05) is 18.0 Å². The smallest absolute Gasteiger partial charge is 0.399 e. The molecule has 1 atom stereocenters. The topological polar surface area (TPSA) is 116 Å². The Bertz CT molecular complexity index is 973. The fourth-order valence-electron chi connectivity index (χ4n) is 2.73. The van der Waals surface area contributed by atoms with Crippen LogP contribution in [0.1, 0.15) is 26.9 Å². The van der Waals surface area contributed by atoms with Crippen molar-refractivity contribution in [3.63, 3.8) is 0 Å². The molecule has 3 rings (SSSR count). The van der Waals surface area contributed by atoms with Gasteiger partial charge in [0.1, 0.15) is 12.3 Å². The molecule has 0 saturated heterocycles. The first-order valence-corrected chi connectivity index (χ1v) is 8.62. The minimum atomic E-state index is -4.33. The van der Waals surface area contributed by atoms with Crippen LogP contribution < -0.4 is 5.73 Å². The van der Waals surface area contributed by atoms with Crippen molar-refractivity contribution in [2.24, 2.45) is 0 Å². The van der Waals surface area contributed by atoms with Gasteiger partial charge < -0.3 is 10.7 Å². The number of amides is 1. The first-order valence-electron chi connectivity index (χ1n) is 7.11. The van der Waals surface area contributed by atoms with Crippen LogP contribution in [0.2, 0.25) is 0 Å². The number of nitrogens with two attached hydrogens (primary N) is 1. The first-order chi connectivity index (χ1) is 11.3. The van der Waals surface area contributed by atoms with E-state index in [0.717, 1.165) is 0 Å². The molecule has 1 unspecified atom stereocenters.